The number of imidazole rings is 1. The van der Waals surface area contributed by atoms with Crippen LogP contribution in [-0.2, 0) is 11.2 Å². The van der Waals surface area contributed by atoms with Crippen molar-refractivity contribution in [2.75, 3.05) is 17.2 Å². The number of pyridine rings is 1. The normalized spacial score (nSPS) is 15.3. The summed E-state index contributed by atoms with van der Waals surface area (Å²) < 4.78 is 8.88. The first-order chi connectivity index (χ1) is 18.2. The zero-order valence-corrected chi connectivity index (χ0v) is 22.5. The molecule has 1 atom stereocenters. The highest BCUT2D eigenvalue weighted by Gasteiger charge is 2.26. The fourth-order valence-electron chi connectivity index (χ4n) is 4.69. The Kier molecular flexibility index (Phi) is 5.92. The van der Waals surface area contributed by atoms with Gasteiger partial charge < -0.3 is 15.4 Å². The van der Waals surface area contributed by atoms with E-state index in [1.165, 1.54) is 4.57 Å². The first kappa shape index (κ1) is 24.5. The number of hydrogen-bond acceptors (Lipinski definition) is 7. The molecular formula is C27H25Cl2N7O2. The number of aromatic nitrogens is 5. The monoisotopic (exact) mass is 549 g/mol. The van der Waals surface area contributed by atoms with Crippen LogP contribution in [-0.4, -0.2) is 48.2 Å². The molecule has 0 spiro atoms. The van der Waals surface area contributed by atoms with Gasteiger partial charge in [-0.3, -0.25) is 8.97 Å². The maximum absolute atomic E-state index is 13.1. The summed E-state index contributed by atoms with van der Waals surface area (Å²) in [6.07, 6.45) is 7.20. The molecule has 0 bridgehead atoms. The number of carbonyl (C=O) groups is 1. The second kappa shape index (κ2) is 9.18. The molecular weight excluding hydrogens is 525 g/mol. The zero-order valence-electron chi connectivity index (χ0n) is 21.0. The van der Waals surface area contributed by atoms with Gasteiger partial charge in [-0.1, -0.05) is 35.3 Å². The van der Waals surface area contributed by atoms with Crippen LogP contribution in [0.2, 0.25) is 10.2 Å². The van der Waals surface area contributed by atoms with E-state index in [9.17, 15) is 4.79 Å². The first-order valence-corrected chi connectivity index (χ1v) is 12.9. The average molecular weight is 550 g/mol. The van der Waals surface area contributed by atoms with Crippen molar-refractivity contribution in [3.63, 3.8) is 0 Å². The highest BCUT2D eigenvalue weighted by molar-refractivity contribution is 6.33. The van der Waals surface area contributed by atoms with Gasteiger partial charge in [-0.05, 0) is 51.0 Å². The molecule has 1 aliphatic rings. The Hall–Kier alpha value is -3.82. The van der Waals surface area contributed by atoms with Crippen molar-refractivity contribution < 1.29 is 9.53 Å². The number of fused-ring (bicyclic) bond motifs is 3. The van der Waals surface area contributed by atoms with Crippen molar-refractivity contribution in [2.45, 2.75) is 38.8 Å². The Morgan fingerprint density at radius 1 is 1.18 bits per heavy atom. The summed E-state index contributed by atoms with van der Waals surface area (Å²) in [6.45, 7) is 6.14. The quantitative estimate of drug-likeness (QED) is 0.273. The topological polar surface area (TPSA) is 98.4 Å². The Labute approximate surface area is 228 Å². The van der Waals surface area contributed by atoms with Gasteiger partial charge >= 0.3 is 6.09 Å². The van der Waals surface area contributed by atoms with Gasteiger partial charge in [-0.25, -0.2) is 19.7 Å². The minimum Gasteiger partial charge on any atom is -0.443 e. The number of benzene rings is 1. The fraction of sp³-hybridized carbons (Fsp3) is 0.259. The van der Waals surface area contributed by atoms with Crippen LogP contribution in [0.3, 0.4) is 0 Å². The average Bonchev–Trinajstić information content (AvgIpc) is 3.50. The maximum atomic E-state index is 13.1. The molecule has 1 aromatic carbocycles. The van der Waals surface area contributed by atoms with Crippen LogP contribution >= 0.6 is 23.2 Å². The molecule has 1 unspecified atom stereocenters. The summed E-state index contributed by atoms with van der Waals surface area (Å²) in [5, 5.41) is 8.55. The minimum absolute atomic E-state index is 0.0515. The zero-order chi connectivity index (χ0) is 26.6. The standard InChI is InChI=1S/C27H25Cl2N7O2/c1-27(2,3)38-26(37)36-14-19(18-7-6-16(28)12-20(18)36)21-22(29)35-10-9-31-25(35)24(34-21)33-17-11-15-5-4-8-30-23(15)32-13-17/h4-10,12,14,17H,11,13H2,1-3H3,(H,30,32)(H,33,34). The second-order valence-electron chi connectivity index (χ2n) is 10.2. The van der Waals surface area contributed by atoms with Crippen LogP contribution < -0.4 is 10.6 Å². The molecule has 9 nitrogen and oxygen atoms in total. The van der Waals surface area contributed by atoms with Crippen molar-refractivity contribution in [3.8, 4) is 11.3 Å². The first-order valence-electron chi connectivity index (χ1n) is 12.2. The predicted octanol–water partition coefficient (Wildman–Crippen LogP) is 6.28. The summed E-state index contributed by atoms with van der Waals surface area (Å²) in [5.41, 5.74) is 2.83. The Morgan fingerprint density at radius 3 is 2.84 bits per heavy atom. The van der Waals surface area contributed by atoms with E-state index in [1.807, 2.05) is 32.9 Å². The third-order valence-corrected chi connectivity index (χ3v) is 6.91. The predicted molar refractivity (Wildman–Crippen MR) is 149 cm³/mol. The van der Waals surface area contributed by atoms with Crippen LogP contribution in [0.5, 0.6) is 0 Å². The van der Waals surface area contributed by atoms with Crippen molar-refractivity contribution in [3.05, 3.63) is 70.9 Å². The summed E-state index contributed by atoms with van der Waals surface area (Å²) in [7, 11) is 0. The summed E-state index contributed by atoms with van der Waals surface area (Å²) in [5.74, 6) is 1.48. The lowest BCUT2D eigenvalue weighted by Gasteiger charge is -2.26. The van der Waals surface area contributed by atoms with E-state index in [4.69, 9.17) is 32.9 Å². The Balaban J connectivity index is 1.46. The van der Waals surface area contributed by atoms with Crippen LogP contribution in [0, 0.1) is 0 Å². The molecule has 2 N–H and O–H groups in total. The van der Waals surface area contributed by atoms with E-state index in [2.05, 4.69) is 26.7 Å². The lowest BCUT2D eigenvalue weighted by Crippen LogP contribution is -2.35. The maximum Gasteiger partial charge on any atom is 0.419 e. The van der Waals surface area contributed by atoms with E-state index in [-0.39, 0.29) is 6.04 Å². The summed E-state index contributed by atoms with van der Waals surface area (Å²) >= 11 is 13.2. The van der Waals surface area contributed by atoms with Gasteiger partial charge in [-0.2, -0.15) is 0 Å². The number of hydrogen-bond donors (Lipinski definition) is 2. The third-order valence-electron chi connectivity index (χ3n) is 6.31. The fourth-order valence-corrected chi connectivity index (χ4v) is 5.14. The van der Waals surface area contributed by atoms with Gasteiger partial charge in [0, 0.05) is 53.3 Å². The number of anilines is 2. The number of ether oxygens (including phenoxy) is 1. The van der Waals surface area contributed by atoms with Crippen molar-refractivity contribution in [2.24, 2.45) is 0 Å². The molecule has 194 valence electrons. The minimum atomic E-state index is -0.669. The van der Waals surface area contributed by atoms with E-state index in [0.29, 0.717) is 45.0 Å². The van der Waals surface area contributed by atoms with Crippen LogP contribution in [0.1, 0.15) is 26.3 Å². The van der Waals surface area contributed by atoms with E-state index in [1.54, 1.807) is 41.3 Å². The van der Waals surface area contributed by atoms with E-state index >= 15 is 0 Å². The molecule has 0 fully saturated rings. The highest BCUT2D eigenvalue weighted by Crippen LogP contribution is 2.37. The molecule has 0 aliphatic carbocycles. The molecule has 5 heterocycles. The smallest absolute Gasteiger partial charge is 0.419 e. The molecule has 6 rings (SSSR count). The largest absolute Gasteiger partial charge is 0.443 e. The van der Waals surface area contributed by atoms with Crippen molar-refractivity contribution in [1.29, 1.82) is 0 Å². The molecule has 0 saturated carbocycles. The van der Waals surface area contributed by atoms with Crippen LogP contribution in [0.4, 0.5) is 16.4 Å². The molecule has 5 aromatic rings. The summed E-state index contributed by atoms with van der Waals surface area (Å²) in [6, 6.07) is 9.40. The number of nitrogens with one attached hydrogen (secondary N) is 2. The lowest BCUT2D eigenvalue weighted by molar-refractivity contribution is 0.0544. The third kappa shape index (κ3) is 4.41. The molecule has 4 aromatic heterocycles. The lowest BCUT2D eigenvalue weighted by atomic mass is 10.0. The van der Waals surface area contributed by atoms with Gasteiger partial charge in [0.25, 0.3) is 0 Å². The molecule has 11 heteroatoms. The van der Waals surface area contributed by atoms with Gasteiger partial charge in [0.15, 0.2) is 11.5 Å². The van der Waals surface area contributed by atoms with E-state index in [0.717, 1.165) is 23.2 Å². The SMILES string of the molecule is CC(C)(C)OC(=O)n1cc(-c2nc(NC3CNc4ncccc4C3)c3nccn3c2Cl)c2ccc(Cl)cc21. The number of rotatable bonds is 3. The number of carbonyl (C=O) groups excluding carboxylic acids is 1. The van der Waals surface area contributed by atoms with Gasteiger partial charge in [0.05, 0.1) is 5.52 Å². The van der Waals surface area contributed by atoms with Crippen LogP contribution in [0.25, 0.3) is 27.8 Å². The van der Waals surface area contributed by atoms with Crippen molar-refractivity contribution in [1.82, 2.24) is 23.9 Å². The molecule has 0 radical (unpaired) electrons. The molecule has 0 saturated heterocycles. The molecule has 38 heavy (non-hydrogen) atoms. The van der Waals surface area contributed by atoms with Crippen molar-refractivity contribution >= 4 is 57.5 Å². The highest BCUT2D eigenvalue weighted by atomic mass is 35.5. The second-order valence-corrected chi connectivity index (χ2v) is 11.0. The Bertz CT molecular complexity index is 1700. The van der Waals surface area contributed by atoms with Gasteiger partial charge in [-0.15, -0.1) is 0 Å². The molecule has 0 amide bonds. The van der Waals surface area contributed by atoms with Crippen LogP contribution in [0.15, 0.2) is 55.1 Å². The Morgan fingerprint density at radius 2 is 2.03 bits per heavy atom. The number of halogens is 2. The summed E-state index contributed by atoms with van der Waals surface area (Å²) in [4.78, 5) is 27.0. The van der Waals surface area contributed by atoms with E-state index < -0.39 is 11.7 Å². The number of nitrogens with zero attached hydrogens (tertiary/aromatic N) is 5. The van der Waals surface area contributed by atoms with Gasteiger partial charge in [0.2, 0.25) is 0 Å². The van der Waals surface area contributed by atoms with Gasteiger partial charge in [0.1, 0.15) is 22.3 Å². The molecule has 1 aliphatic heterocycles.